The first-order chi connectivity index (χ1) is 13.7. The molecule has 0 saturated heterocycles. The van der Waals surface area contributed by atoms with Crippen LogP contribution in [0.5, 0.6) is 11.5 Å². The molecule has 0 aliphatic carbocycles. The van der Waals surface area contributed by atoms with Gasteiger partial charge in [-0.2, -0.15) is 4.98 Å². The van der Waals surface area contributed by atoms with Crippen molar-refractivity contribution in [1.29, 1.82) is 0 Å². The lowest BCUT2D eigenvalue weighted by Gasteiger charge is -2.15. The van der Waals surface area contributed by atoms with Crippen LogP contribution in [0.3, 0.4) is 0 Å². The van der Waals surface area contributed by atoms with E-state index >= 15 is 0 Å². The molecule has 8 nitrogen and oxygen atoms in total. The summed E-state index contributed by atoms with van der Waals surface area (Å²) in [7, 11) is 0. The summed E-state index contributed by atoms with van der Waals surface area (Å²) >= 11 is 0. The number of fused-ring (bicyclic) bond motifs is 1. The minimum absolute atomic E-state index is 0.0920. The molecule has 0 fully saturated rings. The predicted molar refractivity (Wildman–Crippen MR) is 102 cm³/mol. The van der Waals surface area contributed by atoms with Gasteiger partial charge in [0.25, 0.3) is 5.56 Å². The standard InChI is InChI=1S/C19H20F2N4O4/c1-10(26)7-22-19-23-8-12-5-16(29-15-4-3-13(20)6-14(15)21)18(28)25(9-11(2)27)17(12)24-19/h3-6,8,10-11,26-27H,7,9H2,1-2H3,(H,22,23,24)/t10-,11-/m1/s1. The summed E-state index contributed by atoms with van der Waals surface area (Å²) in [6.45, 7) is 3.21. The average Bonchev–Trinajstić information content (AvgIpc) is 2.65. The molecule has 0 amide bonds. The third-order valence-electron chi connectivity index (χ3n) is 3.91. The Morgan fingerprint density at radius 1 is 1.17 bits per heavy atom. The van der Waals surface area contributed by atoms with Crippen LogP contribution in [-0.2, 0) is 6.54 Å². The van der Waals surface area contributed by atoms with E-state index in [0.29, 0.717) is 11.5 Å². The van der Waals surface area contributed by atoms with E-state index in [-0.39, 0.29) is 36.2 Å². The van der Waals surface area contributed by atoms with Crippen LogP contribution in [0.1, 0.15) is 13.8 Å². The minimum Gasteiger partial charge on any atom is -0.448 e. The van der Waals surface area contributed by atoms with Crippen molar-refractivity contribution >= 4 is 17.0 Å². The second kappa shape index (κ2) is 8.50. The summed E-state index contributed by atoms with van der Waals surface area (Å²) in [5, 5.41) is 22.4. The first-order valence-electron chi connectivity index (χ1n) is 8.88. The Hall–Kier alpha value is -3.11. The third-order valence-corrected chi connectivity index (χ3v) is 3.91. The lowest BCUT2D eigenvalue weighted by Crippen LogP contribution is -2.27. The molecule has 154 valence electrons. The van der Waals surface area contributed by atoms with Crippen molar-refractivity contribution in [2.24, 2.45) is 0 Å². The number of halogens is 2. The van der Waals surface area contributed by atoms with E-state index in [1.54, 1.807) is 6.92 Å². The molecule has 10 heteroatoms. The van der Waals surface area contributed by atoms with Gasteiger partial charge in [-0.05, 0) is 32.0 Å². The van der Waals surface area contributed by atoms with Crippen LogP contribution >= 0.6 is 0 Å². The number of aliphatic hydroxyl groups is 2. The number of pyridine rings is 1. The number of nitrogens with zero attached hydrogens (tertiary/aromatic N) is 3. The van der Waals surface area contributed by atoms with Gasteiger partial charge in [-0.1, -0.05) is 0 Å². The fraction of sp³-hybridized carbons (Fsp3) is 0.316. The van der Waals surface area contributed by atoms with Gasteiger partial charge >= 0.3 is 0 Å². The average molecular weight is 406 g/mol. The molecule has 3 rings (SSSR count). The number of nitrogens with one attached hydrogen (secondary N) is 1. The molecule has 0 aliphatic rings. The van der Waals surface area contributed by atoms with Gasteiger partial charge in [0.1, 0.15) is 11.5 Å². The largest absolute Gasteiger partial charge is 0.448 e. The van der Waals surface area contributed by atoms with E-state index in [0.717, 1.165) is 12.1 Å². The van der Waals surface area contributed by atoms with E-state index < -0.39 is 29.4 Å². The number of anilines is 1. The summed E-state index contributed by atoms with van der Waals surface area (Å²) in [5.41, 5.74) is -0.423. The minimum atomic E-state index is -0.958. The molecular weight excluding hydrogens is 386 g/mol. The van der Waals surface area contributed by atoms with Gasteiger partial charge in [0.05, 0.1) is 18.8 Å². The van der Waals surface area contributed by atoms with E-state index in [9.17, 15) is 23.8 Å². The molecule has 0 bridgehead atoms. The predicted octanol–water partition coefficient (Wildman–Crippen LogP) is 2.04. The van der Waals surface area contributed by atoms with Crippen molar-refractivity contribution in [1.82, 2.24) is 14.5 Å². The lowest BCUT2D eigenvalue weighted by atomic mass is 10.3. The maximum absolute atomic E-state index is 13.9. The normalized spacial score (nSPS) is 13.3. The van der Waals surface area contributed by atoms with Crippen molar-refractivity contribution in [2.45, 2.75) is 32.6 Å². The van der Waals surface area contributed by atoms with Crippen LogP contribution in [0.4, 0.5) is 14.7 Å². The summed E-state index contributed by atoms with van der Waals surface area (Å²) in [4.78, 5) is 21.3. The molecule has 2 heterocycles. The molecule has 2 aromatic heterocycles. The monoisotopic (exact) mass is 406 g/mol. The van der Waals surface area contributed by atoms with Crippen LogP contribution in [0.25, 0.3) is 11.0 Å². The molecule has 2 atom stereocenters. The molecule has 29 heavy (non-hydrogen) atoms. The lowest BCUT2D eigenvalue weighted by molar-refractivity contribution is 0.173. The SMILES string of the molecule is C[C@@H](O)CNc1ncc2cc(Oc3ccc(F)cc3F)c(=O)n(C[C@@H](C)O)c2n1. The highest BCUT2D eigenvalue weighted by molar-refractivity contribution is 5.77. The van der Waals surface area contributed by atoms with E-state index in [1.807, 2.05) is 0 Å². The summed E-state index contributed by atoms with van der Waals surface area (Å²) in [6, 6.07) is 4.08. The molecule has 0 saturated carbocycles. The van der Waals surface area contributed by atoms with Gasteiger partial charge in [0.15, 0.2) is 17.3 Å². The highest BCUT2D eigenvalue weighted by Crippen LogP contribution is 2.25. The quantitative estimate of drug-likeness (QED) is 0.551. The number of aliphatic hydroxyl groups excluding tert-OH is 2. The zero-order chi connectivity index (χ0) is 21.1. The van der Waals surface area contributed by atoms with Gasteiger partial charge in [0.2, 0.25) is 5.95 Å². The molecule has 0 aliphatic heterocycles. The molecule has 0 radical (unpaired) electrons. The highest BCUT2D eigenvalue weighted by atomic mass is 19.1. The fourth-order valence-corrected chi connectivity index (χ4v) is 2.64. The third kappa shape index (κ3) is 4.84. The van der Waals surface area contributed by atoms with Crippen LogP contribution in [0, 0.1) is 11.6 Å². The van der Waals surface area contributed by atoms with Crippen molar-refractivity contribution in [3.63, 3.8) is 0 Å². The van der Waals surface area contributed by atoms with Crippen molar-refractivity contribution in [2.75, 3.05) is 11.9 Å². The zero-order valence-corrected chi connectivity index (χ0v) is 15.8. The highest BCUT2D eigenvalue weighted by Gasteiger charge is 2.16. The Balaban J connectivity index is 2.08. The first kappa shape index (κ1) is 20.6. The number of rotatable bonds is 7. The molecule has 3 aromatic rings. The maximum Gasteiger partial charge on any atom is 0.295 e. The van der Waals surface area contributed by atoms with Gasteiger partial charge in [-0.25, -0.2) is 13.8 Å². The van der Waals surface area contributed by atoms with Crippen molar-refractivity contribution in [3.8, 4) is 11.5 Å². The van der Waals surface area contributed by atoms with Crippen LogP contribution in [-0.4, -0.2) is 43.5 Å². The Morgan fingerprint density at radius 3 is 2.59 bits per heavy atom. The zero-order valence-electron chi connectivity index (χ0n) is 15.8. The molecule has 3 N–H and O–H groups in total. The number of hydrogen-bond donors (Lipinski definition) is 3. The summed E-state index contributed by atoms with van der Waals surface area (Å²) in [6.07, 6.45) is -0.0775. The van der Waals surface area contributed by atoms with Crippen LogP contribution in [0.2, 0.25) is 0 Å². The first-order valence-corrected chi connectivity index (χ1v) is 8.88. The summed E-state index contributed by atoms with van der Waals surface area (Å²) in [5.74, 6) is -2.08. The van der Waals surface area contributed by atoms with Gasteiger partial charge < -0.3 is 20.3 Å². The van der Waals surface area contributed by atoms with E-state index in [1.165, 1.54) is 23.8 Å². The Morgan fingerprint density at radius 2 is 1.93 bits per heavy atom. The number of benzene rings is 1. The molecular formula is C19H20F2N4O4. The van der Waals surface area contributed by atoms with Gasteiger partial charge in [-0.3, -0.25) is 9.36 Å². The Kier molecular flexibility index (Phi) is 6.04. The Labute approximate surface area is 164 Å². The number of hydrogen-bond acceptors (Lipinski definition) is 7. The van der Waals surface area contributed by atoms with E-state index in [4.69, 9.17) is 4.74 Å². The number of aromatic nitrogens is 3. The van der Waals surface area contributed by atoms with Gasteiger partial charge in [0, 0.05) is 24.2 Å². The van der Waals surface area contributed by atoms with Crippen LogP contribution in [0.15, 0.2) is 35.3 Å². The molecule has 1 aromatic carbocycles. The second-order valence-corrected chi connectivity index (χ2v) is 6.65. The van der Waals surface area contributed by atoms with Crippen LogP contribution < -0.4 is 15.6 Å². The second-order valence-electron chi connectivity index (χ2n) is 6.65. The molecule has 0 unspecified atom stereocenters. The Bertz CT molecular complexity index is 1090. The molecule has 0 spiro atoms. The number of ether oxygens (including phenoxy) is 1. The topological polar surface area (TPSA) is 110 Å². The summed E-state index contributed by atoms with van der Waals surface area (Å²) < 4.78 is 33.6. The maximum atomic E-state index is 13.9. The van der Waals surface area contributed by atoms with Crippen molar-refractivity contribution in [3.05, 3.63) is 52.5 Å². The van der Waals surface area contributed by atoms with Gasteiger partial charge in [-0.15, -0.1) is 0 Å². The smallest absolute Gasteiger partial charge is 0.295 e. The van der Waals surface area contributed by atoms with Crippen molar-refractivity contribution < 1.29 is 23.7 Å². The fourth-order valence-electron chi connectivity index (χ4n) is 2.64. The van der Waals surface area contributed by atoms with E-state index in [2.05, 4.69) is 15.3 Å².